The van der Waals surface area contributed by atoms with E-state index < -0.39 is 5.97 Å². The summed E-state index contributed by atoms with van der Waals surface area (Å²) in [6.45, 7) is 0.581. The Kier molecular flexibility index (Phi) is 4.19. The zero-order valence-corrected chi connectivity index (χ0v) is 14.8. The summed E-state index contributed by atoms with van der Waals surface area (Å²) in [4.78, 5) is 15.8. The van der Waals surface area contributed by atoms with Crippen LogP contribution < -0.4 is 0 Å². The highest BCUT2D eigenvalue weighted by molar-refractivity contribution is 6.30. The van der Waals surface area contributed by atoms with Gasteiger partial charge >= 0.3 is 5.97 Å². The maximum absolute atomic E-state index is 13.6. The summed E-state index contributed by atoms with van der Waals surface area (Å²) in [5, 5.41) is 9.86. The number of carboxylic acid groups (broad SMARTS) is 1. The maximum atomic E-state index is 13.6. The molecule has 1 fully saturated rings. The average molecular weight is 373 g/mol. The van der Waals surface area contributed by atoms with E-state index in [1.165, 1.54) is 12.1 Å². The highest BCUT2D eigenvalue weighted by Gasteiger charge is 2.45. The lowest BCUT2D eigenvalue weighted by Crippen LogP contribution is -2.15. The molecule has 1 aromatic heterocycles. The summed E-state index contributed by atoms with van der Waals surface area (Å²) in [5.74, 6) is -0.305. The van der Waals surface area contributed by atoms with Crippen LogP contribution in [0.2, 0.25) is 5.02 Å². The molecular formula is C20H18ClFN2O2. The number of nitrogens with zero attached hydrogens (tertiary/aromatic N) is 2. The topological polar surface area (TPSA) is 55.1 Å². The molecule has 0 atom stereocenters. The van der Waals surface area contributed by atoms with Gasteiger partial charge in [0.2, 0.25) is 0 Å². The number of aromatic nitrogens is 2. The molecule has 6 heteroatoms. The average Bonchev–Trinajstić information content (AvgIpc) is 3.24. The summed E-state index contributed by atoms with van der Waals surface area (Å²) < 4.78 is 15.7. The minimum Gasteiger partial charge on any atom is -0.481 e. The van der Waals surface area contributed by atoms with Gasteiger partial charge in [0.1, 0.15) is 11.6 Å². The molecule has 0 unspecified atom stereocenters. The highest BCUT2D eigenvalue weighted by Crippen LogP contribution is 2.51. The van der Waals surface area contributed by atoms with Crippen LogP contribution in [0.25, 0.3) is 11.0 Å². The second kappa shape index (κ2) is 6.40. The Labute approximate surface area is 155 Å². The van der Waals surface area contributed by atoms with Crippen LogP contribution in [0.1, 0.15) is 30.7 Å². The van der Waals surface area contributed by atoms with E-state index in [1.807, 2.05) is 24.3 Å². The fourth-order valence-electron chi connectivity index (χ4n) is 3.49. The van der Waals surface area contributed by atoms with Gasteiger partial charge in [0.05, 0.1) is 17.5 Å². The summed E-state index contributed by atoms with van der Waals surface area (Å²) in [7, 11) is 0. The number of hydrogen-bond donors (Lipinski definition) is 1. The Morgan fingerprint density at radius 2 is 1.96 bits per heavy atom. The van der Waals surface area contributed by atoms with Crippen molar-refractivity contribution in [2.45, 2.75) is 32.2 Å². The van der Waals surface area contributed by atoms with Crippen LogP contribution >= 0.6 is 11.6 Å². The second-order valence-electron chi connectivity index (χ2n) is 7.12. The third-order valence-corrected chi connectivity index (χ3v) is 5.31. The van der Waals surface area contributed by atoms with Crippen molar-refractivity contribution in [2.75, 3.05) is 0 Å². The van der Waals surface area contributed by atoms with Crippen molar-refractivity contribution in [3.8, 4) is 0 Å². The molecule has 1 saturated carbocycles. The van der Waals surface area contributed by atoms with E-state index in [4.69, 9.17) is 11.6 Å². The number of benzene rings is 2. The standard InChI is InChI=1S/C20H18ClFN2O2/c21-14-3-1-13(2-4-14)12-24-17-6-5-15(22)9-16(17)23-18(24)10-20(7-8-20)11-19(25)26/h1-6,9H,7-8,10-12H2,(H,25,26). The van der Waals surface area contributed by atoms with Crippen LogP contribution in [0, 0.1) is 11.2 Å². The van der Waals surface area contributed by atoms with Gasteiger partial charge in [-0.3, -0.25) is 4.79 Å². The molecule has 0 bridgehead atoms. The first-order valence-electron chi connectivity index (χ1n) is 8.55. The Bertz CT molecular complexity index is 977. The van der Waals surface area contributed by atoms with Crippen molar-refractivity contribution < 1.29 is 14.3 Å². The Morgan fingerprint density at radius 1 is 1.23 bits per heavy atom. The SMILES string of the molecule is O=C(O)CC1(Cc2nc3cc(F)ccc3n2Cc2ccc(Cl)cc2)CC1. The van der Waals surface area contributed by atoms with Crippen molar-refractivity contribution in [1.29, 1.82) is 0 Å². The van der Waals surface area contributed by atoms with E-state index in [9.17, 15) is 14.3 Å². The van der Waals surface area contributed by atoms with Gasteiger partial charge in [-0.05, 0) is 48.1 Å². The molecule has 0 amide bonds. The molecular weight excluding hydrogens is 355 g/mol. The van der Waals surface area contributed by atoms with Gasteiger partial charge in [-0.15, -0.1) is 0 Å². The zero-order chi connectivity index (χ0) is 18.3. The number of imidazole rings is 1. The van der Waals surface area contributed by atoms with Crippen molar-refractivity contribution in [3.05, 3.63) is 64.7 Å². The fourth-order valence-corrected chi connectivity index (χ4v) is 3.61. The van der Waals surface area contributed by atoms with E-state index in [0.29, 0.717) is 23.5 Å². The lowest BCUT2D eigenvalue weighted by atomic mass is 9.97. The lowest BCUT2D eigenvalue weighted by molar-refractivity contribution is -0.138. The minimum absolute atomic E-state index is 0.144. The number of fused-ring (bicyclic) bond motifs is 1. The van der Waals surface area contributed by atoms with E-state index >= 15 is 0 Å². The molecule has 1 aliphatic carbocycles. The van der Waals surface area contributed by atoms with Gasteiger partial charge in [-0.2, -0.15) is 0 Å². The number of halogens is 2. The molecule has 1 heterocycles. The first kappa shape index (κ1) is 17.0. The molecule has 3 aromatic rings. The van der Waals surface area contributed by atoms with E-state index in [-0.39, 0.29) is 17.7 Å². The second-order valence-corrected chi connectivity index (χ2v) is 7.56. The third-order valence-electron chi connectivity index (χ3n) is 5.06. The van der Waals surface area contributed by atoms with E-state index in [2.05, 4.69) is 9.55 Å². The molecule has 4 nitrogen and oxygen atoms in total. The van der Waals surface area contributed by atoms with Crippen LogP contribution in [0.4, 0.5) is 4.39 Å². The molecule has 4 rings (SSSR count). The van der Waals surface area contributed by atoms with E-state index in [1.54, 1.807) is 6.07 Å². The smallest absolute Gasteiger partial charge is 0.303 e. The van der Waals surface area contributed by atoms with Gasteiger partial charge in [-0.1, -0.05) is 23.7 Å². The number of hydrogen-bond acceptors (Lipinski definition) is 2. The van der Waals surface area contributed by atoms with Gasteiger partial charge < -0.3 is 9.67 Å². The number of rotatable bonds is 6. The highest BCUT2D eigenvalue weighted by atomic mass is 35.5. The maximum Gasteiger partial charge on any atom is 0.303 e. The molecule has 0 radical (unpaired) electrons. The Hall–Kier alpha value is -2.40. The summed E-state index contributed by atoms with van der Waals surface area (Å²) in [5.41, 5.74) is 2.29. The third kappa shape index (κ3) is 3.44. The van der Waals surface area contributed by atoms with Crippen molar-refractivity contribution >= 4 is 28.6 Å². The van der Waals surface area contributed by atoms with Crippen LogP contribution in [0.3, 0.4) is 0 Å². The number of carboxylic acids is 1. The van der Waals surface area contributed by atoms with Gasteiger partial charge in [-0.25, -0.2) is 9.37 Å². The molecule has 1 N–H and O–H groups in total. The van der Waals surface area contributed by atoms with Gasteiger partial charge in [0.15, 0.2) is 0 Å². The summed E-state index contributed by atoms with van der Waals surface area (Å²) >= 11 is 5.96. The first-order valence-corrected chi connectivity index (χ1v) is 8.93. The monoisotopic (exact) mass is 372 g/mol. The normalized spacial score (nSPS) is 15.3. The molecule has 0 saturated heterocycles. The van der Waals surface area contributed by atoms with Crippen LogP contribution in [-0.2, 0) is 17.8 Å². The largest absolute Gasteiger partial charge is 0.481 e. The van der Waals surface area contributed by atoms with E-state index in [0.717, 1.165) is 29.7 Å². The van der Waals surface area contributed by atoms with Crippen molar-refractivity contribution in [2.24, 2.45) is 5.41 Å². The predicted octanol–water partition coefficient (Wildman–Crippen LogP) is 4.67. The summed E-state index contributed by atoms with van der Waals surface area (Å²) in [6.07, 6.45) is 2.50. The minimum atomic E-state index is -0.783. The van der Waals surface area contributed by atoms with Crippen LogP contribution in [-0.4, -0.2) is 20.6 Å². The molecule has 0 aliphatic heterocycles. The Morgan fingerprint density at radius 3 is 2.62 bits per heavy atom. The molecule has 26 heavy (non-hydrogen) atoms. The zero-order valence-electron chi connectivity index (χ0n) is 14.1. The van der Waals surface area contributed by atoms with Crippen molar-refractivity contribution in [3.63, 3.8) is 0 Å². The first-order chi connectivity index (χ1) is 12.4. The fraction of sp³-hybridized carbons (Fsp3) is 0.300. The van der Waals surface area contributed by atoms with Gasteiger partial charge in [0, 0.05) is 24.1 Å². The predicted molar refractivity (Wildman–Crippen MR) is 97.9 cm³/mol. The lowest BCUT2D eigenvalue weighted by Gasteiger charge is -2.15. The van der Waals surface area contributed by atoms with Gasteiger partial charge in [0.25, 0.3) is 0 Å². The van der Waals surface area contributed by atoms with Crippen molar-refractivity contribution in [1.82, 2.24) is 9.55 Å². The quantitative estimate of drug-likeness (QED) is 0.683. The number of carbonyl (C=O) groups is 1. The van der Waals surface area contributed by atoms with Crippen LogP contribution in [0.15, 0.2) is 42.5 Å². The summed E-state index contributed by atoms with van der Waals surface area (Å²) in [6, 6.07) is 12.2. The van der Waals surface area contributed by atoms with Crippen LogP contribution in [0.5, 0.6) is 0 Å². The molecule has 1 aliphatic rings. The number of aliphatic carboxylic acids is 1. The molecule has 134 valence electrons. The Balaban J connectivity index is 1.73. The molecule has 0 spiro atoms. The molecule has 2 aromatic carbocycles.